The lowest BCUT2D eigenvalue weighted by molar-refractivity contribution is -0.00522. The van der Waals surface area contributed by atoms with Crippen LogP contribution in [0.1, 0.15) is 35.5 Å². The number of methoxy groups -OCH3 is 1. The minimum atomic E-state index is -1.17. The van der Waals surface area contributed by atoms with Crippen LogP contribution in [-0.2, 0) is 22.1 Å². The maximum atomic E-state index is 12.8. The van der Waals surface area contributed by atoms with Gasteiger partial charge in [0, 0.05) is 53.4 Å². The second kappa shape index (κ2) is 12.8. The van der Waals surface area contributed by atoms with Crippen LogP contribution in [0, 0.1) is 6.92 Å². The predicted octanol–water partition coefficient (Wildman–Crippen LogP) is 5.41. The van der Waals surface area contributed by atoms with E-state index in [9.17, 15) is 9.00 Å². The number of ether oxygens (including phenoxy) is 2. The number of hydrogen-bond donors (Lipinski definition) is 1. The van der Waals surface area contributed by atoms with Gasteiger partial charge in [0.05, 0.1) is 48.0 Å². The highest BCUT2D eigenvalue weighted by molar-refractivity contribution is 7.84. The molecule has 5 rings (SSSR count). The van der Waals surface area contributed by atoms with Crippen LogP contribution >= 0.6 is 0 Å². The molecule has 3 unspecified atom stereocenters. The van der Waals surface area contributed by atoms with Crippen LogP contribution in [0.15, 0.2) is 78.0 Å². The van der Waals surface area contributed by atoms with Gasteiger partial charge < -0.3 is 19.7 Å². The largest absolute Gasteiger partial charge is 0.496 e. The van der Waals surface area contributed by atoms with Crippen LogP contribution in [-0.4, -0.2) is 58.7 Å². The zero-order valence-corrected chi connectivity index (χ0v) is 25.4. The van der Waals surface area contributed by atoms with E-state index in [-0.39, 0.29) is 24.7 Å². The number of hydrogen-bond acceptors (Lipinski definition) is 7. The Bertz CT molecular complexity index is 1620. The first-order chi connectivity index (χ1) is 20.2. The van der Waals surface area contributed by atoms with Gasteiger partial charge in [0.15, 0.2) is 0 Å². The number of rotatable bonds is 8. The molecule has 42 heavy (non-hydrogen) atoms. The Hall–Kier alpha value is -4.08. The van der Waals surface area contributed by atoms with E-state index < -0.39 is 10.8 Å². The standard InChI is InChI=1S/C33H36N4O4S/c1-21-6-7-26(16-32(21)42(5)39)33(38)36-18-27-14-25(10-12-34-27)24-8-9-31(40-4)29(15-24)30-17-28(11-13-35-30)37-19-22(2)41-23(3)20-37/h6-17,22-23H,18-20H2,1-5H3,(H,36,38). The van der Waals surface area contributed by atoms with E-state index in [0.717, 1.165) is 58.2 Å². The highest BCUT2D eigenvalue weighted by Gasteiger charge is 2.23. The highest BCUT2D eigenvalue weighted by atomic mass is 32.2. The normalized spacial score (nSPS) is 17.5. The first-order valence-corrected chi connectivity index (χ1v) is 15.5. The molecule has 1 aliphatic rings. The number of anilines is 1. The van der Waals surface area contributed by atoms with Crippen LogP contribution in [0.3, 0.4) is 0 Å². The van der Waals surface area contributed by atoms with E-state index in [0.29, 0.717) is 10.5 Å². The minimum absolute atomic E-state index is 0.158. The van der Waals surface area contributed by atoms with Crippen LogP contribution in [0.4, 0.5) is 5.69 Å². The molecule has 2 aromatic carbocycles. The summed E-state index contributed by atoms with van der Waals surface area (Å²) in [5.74, 6) is 0.495. The summed E-state index contributed by atoms with van der Waals surface area (Å²) >= 11 is 0. The molecule has 4 aromatic rings. The van der Waals surface area contributed by atoms with E-state index in [4.69, 9.17) is 9.47 Å². The van der Waals surface area contributed by atoms with Gasteiger partial charge in [0.25, 0.3) is 5.91 Å². The predicted molar refractivity (Wildman–Crippen MR) is 166 cm³/mol. The average molecular weight is 585 g/mol. The number of aryl methyl sites for hydroxylation is 1. The summed E-state index contributed by atoms with van der Waals surface area (Å²) in [6.07, 6.45) is 5.51. The van der Waals surface area contributed by atoms with Crippen molar-refractivity contribution in [2.75, 3.05) is 31.4 Å². The van der Waals surface area contributed by atoms with Crippen molar-refractivity contribution in [1.29, 1.82) is 0 Å². The minimum Gasteiger partial charge on any atom is -0.496 e. The van der Waals surface area contributed by atoms with Gasteiger partial charge in [-0.1, -0.05) is 12.1 Å². The molecular weight excluding hydrogens is 548 g/mol. The lowest BCUT2D eigenvalue weighted by atomic mass is 10.00. The summed E-state index contributed by atoms with van der Waals surface area (Å²) in [6, 6.07) is 19.3. The Balaban J connectivity index is 1.37. The molecule has 0 radical (unpaired) electrons. The fourth-order valence-corrected chi connectivity index (χ4v) is 6.13. The van der Waals surface area contributed by atoms with E-state index in [1.807, 2.05) is 49.5 Å². The molecule has 1 N–H and O–H groups in total. The van der Waals surface area contributed by atoms with E-state index in [1.54, 1.807) is 31.7 Å². The van der Waals surface area contributed by atoms with E-state index in [1.165, 1.54) is 0 Å². The van der Waals surface area contributed by atoms with Crippen molar-refractivity contribution in [2.24, 2.45) is 0 Å². The quantitative estimate of drug-likeness (QED) is 0.296. The molecule has 1 aliphatic heterocycles. The molecular formula is C33H36N4O4S. The maximum Gasteiger partial charge on any atom is 0.251 e. The van der Waals surface area contributed by atoms with Gasteiger partial charge in [-0.2, -0.15) is 0 Å². The van der Waals surface area contributed by atoms with Crippen molar-refractivity contribution in [3.63, 3.8) is 0 Å². The van der Waals surface area contributed by atoms with E-state index in [2.05, 4.69) is 46.2 Å². The number of nitrogens with one attached hydrogen (secondary N) is 1. The molecule has 3 atom stereocenters. The second-order valence-electron chi connectivity index (χ2n) is 10.6. The van der Waals surface area contributed by atoms with Crippen molar-refractivity contribution in [1.82, 2.24) is 15.3 Å². The Labute approximate surface area is 249 Å². The smallest absolute Gasteiger partial charge is 0.251 e. The molecule has 3 heterocycles. The number of amides is 1. The molecule has 8 nitrogen and oxygen atoms in total. The van der Waals surface area contributed by atoms with Crippen LogP contribution < -0.4 is 15.0 Å². The third kappa shape index (κ3) is 6.69. The number of morpholine rings is 1. The van der Waals surface area contributed by atoms with Crippen molar-refractivity contribution >= 4 is 22.4 Å². The van der Waals surface area contributed by atoms with Crippen LogP contribution in [0.5, 0.6) is 5.75 Å². The van der Waals surface area contributed by atoms with E-state index >= 15 is 0 Å². The number of aromatic nitrogens is 2. The summed E-state index contributed by atoms with van der Waals surface area (Å²) in [6.45, 7) is 7.98. The monoisotopic (exact) mass is 584 g/mol. The molecule has 9 heteroatoms. The van der Waals surface area contributed by atoms with Crippen LogP contribution in [0.2, 0.25) is 0 Å². The Morgan fingerprint density at radius 2 is 1.74 bits per heavy atom. The van der Waals surface area contributed by atoms with Crippen LogP contribution in [0.25, 0.3) is 22.4 Å². The highest BCUT2D eigenvalue weighted by Crippen LogP contribution is 2.35. The summed E-state index contributed by atoms with van der Waals surface area (Å²) in [4.78, 5) is 25.0. The number of benzene rings is 2. The summed E-state index contributed by atoms with van der Waals surface area (Å²) in [5, 5.41) is 2.93. The first kappa shape index (κ1) is 29.4. The van der Waals surface area contributed by atoms with Gasteiger partial charge in [0.1, 0.15) is 5.75 Å². The van der Waals surface area contributed by atoms with Gasteiger partial charge in [-0.15, -0.1) is 0 Å². The molecule has 0 saturated carbocycles. The lowest BCUT2D eigenvalue weighted by Gasteiger charge is -2.37. The molecule has 218 valence electrons. The van der Waals surface area contributed by atoms with Gasteiger partial charge in [-0.3, -0.25) is 19.0 Å². The number of nitrogens with zero attached hydrogens (tertiary/aromatic N) is 3. The molecule has 0 spiro atoms. The third-order valence-corrected chi connectivity index (χ3v) is 8.40. The number of carbonyl (C=O) groups is 1. The van der Waals surface area contributed by atoms with Gasteiger partial charge in [-0.05, 0) is 86.0 Å². The molecule has 0 aliphatic carbocycles. The van der Waals surface area contributed by atoms with Gasteiger partial charge in [0.2, 0.25) is 0 Å². The summed E-state index contributed by atoms with van der Waals surface area (Å²) < 4.78 is 23.6. The van der Waals surface area contributed by atoms with Crippen molar-refractivity contribution in [3.05, 3.63) is 89.9 Å². The van der Waals surface area contributed by atoms with Crippen molar-refractivity contribution in [3.8, 4) is 28.1 Å². The molecule has 2 aromatic heterocycles. The Morgan fingerprint density at radius 3 is 2.48 bits per heavy atom. The third-order valence-electron chi connectivity index (χ3n) is 7.34. The van der Waals surface area contributed by atoms with Gasteiger partial charge >= 0.3 is 0 Å². The fraction of sp³-hybridized carbons (Fsp3) is 0.303. The summed E-state index contributed by atoms with van der Waals surface area (Å²) in [7, 11) is 0.494. The van der Waals surface area contributed by atoms with Crippen molar-refractivity contribution in [2.45, 2.75) is 44.4 Å². The van der Waals surface area contributed by atoms with Crippen molar-refractivity contribution < 1.29 is 18.5 Å². The second-order valence-corrected chi connectivity index (χ2v) is 12.0. The zero-order chi connectivity index (χ0) is 29.8. The molecule has 1 saturated heterocycles. The summed E-state index contributed by atoms with van der Waals surface area (Å²) in [5.41, 5.74) is 6.85. The fourth-order valence-electron chi connectivity index (χ4n) is 5.32. The zero-order valence-electron chi connectivity index (χ0n) is 24.6. The lowest BCUT2D eigenvalue weighted by Crippen LogP contribution is -2.45. The average Bonchev–Trinajstić information content (AvgIpc) is 2.99. The number of carbonyl (C=O) groups excluding carboxylic acids is 1. The SMILES string of the molecule is COc1ccc(-c2ccnc(CNC(=O)c3ccc(C)c(S(C)=O)c3)c2)cc1-c1cc(N2CC(C)OC(C)C2)ccn1. The molecule has 1 fully saturated rings. The molecule has 1 amide bonds. The Kier molecular flexibility index (Phi) is 8.99. The Morgan fingerprint density at radius 1 is 1.00 bits per heavy atom. The van der Waals surface area contributed by atoms with Gasteiger partial charge in [-0.25, -0.2) is 0 Å². The number of pyridine rings is 2. The molecule has 0 bridgehead atoms. The first-order valence-electron chi connectivity index (χ1n) is 13.9. The maximum absolute atomic E-state index is 12.8. The topological polar surface area (TPSA) is 93.6 Å².